The van der Waals surface area contributed by atoms with E-state index in [1.807, 2.05) is 20.8 Å². The van der Waals surface area contributed by atoms with Crippen molar-refractivity contribution in [2.45, 2.75) is 95.3 Å². The molecular weight excluding hydrogens is 312 g/mol. The van der Waals surface area contributed by atoms with Gasteiger partial charge in [-0.3, -0.25) is 4.21 Å². The van der Waals surface area contributed by atoms with Crippen molar-refractivity contribution in [3.8, 4) is 0 Å². The molecular formula is C17H32N2O3S. The molecule has 1 aliphatic carbocycles. The Bertz CT molecular complexity index is 465. The summed E-state index contributed by atoms with van der Waals surface area (Å²) in [6.45, 7) is 10.1. The van der Waals surface area contributed by atoms with Crippen LogP contribution in [0.4, 0.5) is 4.79 Å². The van der Waals surface area contributed by atoms with Gasteiger partial charge in [0.25, 0.3) is 0 Å². The van der Waals surface area contributed by atoms with Crippen LogP contribution < -0.4 is 10.6 Å². The summed E-state index contributed by atoms with van der Waals surface area (Å²) in [5, 5.41) is 6.24. The topological polar surface area (TPSA) is 67.4 Å². The van der Waals surface area contributed by atoms with Crippen molar-refractivity contribution in [1.82, 2.24) is 10.6 Å². The lowest BCUT2D eigenvalue weighted by Crippen LogP contribution is -2.55. The van der Waals surface area contributed by atoms with E-state index in [4.69, 9.17) is 4.74 Å². The Morgan fingerprint density at radius 1 is 1.17 bits per heavy atom. The maximum Gasteiger partial charge on any atom is 0.315 e. The average Bonchev–Trinajstić information content (AvgIpc) is 2.65. The number of amides is 2. The lowest BCUT2D eigenvalue weighted by atomic mass is 9.94. The predicted octanol–water partition coefficient (Wildman–Crippen LogP) is 2.71. The number of hydrogen-bond acceptors (Lipinski definition) is 3. The molecule has 0 aromatic heterocycles. The normalized spacial score (nSPS) is 33.9. The van der Waals surface area contributed by atoms with Gasteiger partial charge in [0.1, 0.15) is 0 Å². The third kappa shape index (κ3) is 4.69. The Kier molecular flexibility index (Phi) is 5.77. The SMILES string of the molecule is CCS(=O)C1CCCCC1NC(=O)NC1CC(C)(C)OC1(C)C. The van der Waals surface area contributed by atoms with Gasteiger partial charge in [-0.15, -0.1) is 0 Å². The van der Waals surface area contributed by atoms with E-state index in [0.717, 1.165) is 32.1 Å². The van der Waals surface area contributed by atoms with Crippen LogP contribution in [0.5, 0.6) is 0 Å². The minimum absolute atomic E-state index is 0.0166. The average molecular weight is 345 g/mol. The van der Waals surface area contributed by atoms with Crippen molar-refractivity contribution < 1.29 is 13.7 Å². The van der Waals surface area contributed by atoms with Crippen molar-refractivity contribution in [3.05, 3.63) is 0 Å². The van der Waals surface area contributed by atoms with Crippen molar-refractivity contribution in [2.24, 2.45) is 0 Å². The smallest absolute Gasteiger partial charge is 0.315 e. The van der Waals surface area contributed by atoms with E-state index in [0.29, 0.717) is 5.75 Å². The van der Waals surface area contributed by atoms with Gasteiger partial charge in [-0.25, -0.2) is 4.79 Å². The first-order valence-electron chi connectivity index (χ1n) is 8.79. The van der Waals surface area contributed by atoms with Crippen LogP contribution >= 0.6 is 0 Å². The van der Waals surface area contributed by atoms with Crippen molar-refractivity contribution in [1.29, 1.82) is 0 Å². The molecule has 134 valence electrons. The van der Waals surface area contributed by atoms with Gasteiger partial charge in [-0.05, 0) is 47.0 Å². The van der Waals surface area contributed by atoms with Gasteiger partial charge in [0.15, 0.2) is 0 Å². The fourth-order valence-electron chi connectivity index (χ4n) is 3.95. The molecule has 2 amide bonds. The van der Waals surface area contributed by atoms with E-state index in [2.05, 4.69) is 24.5 Å². The summed E-state index contributed by atoms with van der Waals surface area (Å²) in [5.74, 6) is 0.655. The standard InChI is InChI=1S/C17H32N2O3S/c1-6-23(21)13-10-8-7-9-12(13)18-15(20)19-14-11-16(2,3)22-17(14,4)5/h12-14H,6-11H2,1-5H3,(H2,18,19,20). The number of rotatable bonds is 4. The van der Waals surface area contributed by atoms with Gasteiger partial charge in [-0.2, -0.15) is 0 Å². The number of urea groups is 1. The van der Waals surface area contributed by atoms with Crippen LogP contribution in [0.1, 0.15) is 66.7 Å². The maximum atomic E-state index is 12.4. The largest absolute Gasteiger partial charge is 0.367 e. The summed E-state index contributed by atoms with van der Waals surface area (Å²) in [6, 6.07) is -0.159. The molecule has 1 saturated carbocycles. The molecule has 4 unspecified atom stereocenters. The van der Waals surface area contributed by atoms with E-state index in [1.165, 1.54) is 0 Å². The highest BCUT2D eigenvalue weighted by atomic mass is 32.2. The summed E-state index contributed by atoms with van der Waals surface area (Å²) < 4.78 is 18.2. The van der Waals surface area contributed by atoms with Gasteiger partial charge in [-0.1, -0.05) is 19.8 Å². The Morgan fingerprint density at radius 3 is 2.39 bits per heavy atom. The Balaban J connectivity index is 1.94. The summed E-state index contributed by atoms with van der Waals surface area (Å²) >= 11 is 0. The zero-order valence-electron chi connectivity index (χ0n) is 15.1. The predicted molar refractivity (Wildman–Crippen MR) is 94.0 cm³/mol. The summed E-state index contributed by atoms with van der Waals surface area (Å²) in [4.78, 5) is 12.4. The van der Waals surface area contributed by atoms with Crippen LogP contribution in [-0.2, 0) is 15.5 Å². The fourth-order valence-corrected chi connectivity index (χ4v) is 5.37. The second-order valence-corrected chi connectivity index (χ2v) is 9.88. The Labute approximate surface area is 142 Å². The quantitative estimate of drug-likeness (QED) is 0.824. The molecule has 5 nitrogen and oxygen atoms in total. The first-order valence-corrected chi connectivity index (χ1v) is 10.2. The first-order chi connectivity index (χ1) is 10.6. The maximum absolute atomic E-state index is 12.4. The van der Waals surface area contributed by atoms with Gasteiger partial charge < -0.3 is 15.4 Å². The summed E-state index contributed by atoms with van der Waals surface area (Å²) in [5.41, 5.74) is -0.600. The first kappa shape index (κ1) is 18.7. The Morgan fingerprint density at radius 2 is 1.83 bits per heavy atom. The van der Waals surface area contributed by atoms with Crippen LogP contribution in [0.25, 0.3) is 0 Å². The molecule has 1 aliphatic heterocycles. The monoisotopic (exact) mass is 344 g/mol. The molecule has 0 aromatic carbocycles. The highest BCUT2D eigenvalue weighted by Crippen LogP contribution is 2.37. The number of ether oxygens (including phenoxy) is 1. The lowest BCUT2D eigenvalue weighted by molar-refractivity contribution is -0.0691. The molecule has 2 aliphatic rings. The van der Waals surface area contributed by atoms with Crippen molar-refractivity contribution in [2.75, 3.05) is 5.75 Å². The van der Waals surface area contributed by atoms with E-state index in [1.54, 1.807) is 0 Å². The number of nitrogens with one attached hydrogen (secondary N) is 2. The molecule has 2 N–H and O–H groups in total. The molecule has 0 radical (unpaired) electrons. The van der Waals surface area contributed by atoms with Crippen LogP contribution in [0.2, 0.25) is 0 Å². The lowest BCUT2D eigenvalue weighted by Gasteiger charge is -2.33. The summed E-state index contributed by atoms with van der Waals surface area (Å²) in [7, 11) is -0.859. The second-order valence-electron chi connectivity index (χ2n) is 7.94. The molecule has 1 heterocycles. The van der Waals surface area contributed by atoms with E-state index in [9.17, 15) is 9.00 Å². The van der Waals surface area contributed by atoms with Crippen molar-refractivity contribution in [3.63, 3.8) is 0 Å². The minimum Gasteiger partial charge on any atom is -0.367 e. The molecule has 23 heavy (non-hydrogen) atoms. The number of hydrogen-bond donors (Lipinski definition) is 2. The second kappa shape index (κ2) is 7.09. The zero-order valence-corrected chi connectivity index (χ0v) is 15.9. The fraction of sp³-hybridized carbons (Fsp3) is 0.941. The van der Waals surface area contributed by atoms with Crippen LogP contribution in [0.15, 0.2) is 0 Å². The highest BCUT2D eigenvalue weighted by molar-refractivity contribution is 7.85. The molecule has 1 saturated heterocycles. The van der Waals surface area contributed by atoms with Crippen LogP contribution in [0, 0.1) is 0 Å². The van der Waals surface area contributed by atoms with Crippen LogP contribution in [-0.4, -0.2) is 44.5 Å². The third-order valence-corrected chi connectivity index (χ3v) is 6.83. The van der Waals surface area contributed by atoms with E-state index < -0.39 is 10.8 Å². The van der Waals surface area contributed by atoms with Crippen molar-refractivity contribution >= 4 is 16.8 Å². The molecule has 2 rings (SSSR count). The molecule has 2 fully saturated rings. The molecule has 0 spiro atoms. The van der Waals surface area contributed by atoms with Gasteiger partial charge in [0, 0.05) is 22.6 Å². The Hall–Kier alpha value is -0.620. The van der Waals surface area contributed by atoms with E-state index >= 15 is 0 Å². The van der Waals surface area contributed by atoms with Gasteiger partial charge in [0.2, 0.25) is 0 Å². The molecule has 0 aromatic rings. The van der Waals surface area contributed by atoms with Gasteiger partial charge in [0.05, 0.1) is 22.5 Å². The summed E-state index contributed by atoms with van der Waals surface area (Å²) in [6.07, 6.45) is 4.85. The highest BCUT2D eigenvalue weighted by Gasteiger charge is 2.46. The number of carbonyl (C=O) groups is 1. The van der Waals surface area contributed by atoms with Gasteiger partial charge >= 0.3 is 6.03 Å². The third-order valence-electron chi connectivity index (χ3n) is 5.02. The zero-order chi connectivity index (χ0) is 17.3. The minimum atomic E-state index is -0.859. The van der Waals surface area contributed by atoms with E-state index in [-0.39, 0.29) is 34.6 Å². The molecule has 4 atom stereocenters. The van der Waals surface area contributed by atoms with Crippen LogP contribution in [0.3, 0.4) is 0 Å². The molecule has 6 heteroatoms. The molecule has 0 bridgehead atoms. The number of carbonyl (C=O) groups excluding carboxylic acids is 1.